The summed E-state index contributed by atoms with van der Waals surface area (Å²) in [7, 11) is 0. The molecule has 2 aromatic rings. The van der Waals surface area contributed by atoms with Crippen LogP contribution >= 0.6 is 0 Å². The lowest BCUT2D eigenvalue weighted by molar-refractivity contribution is -0.762. The minimum Gasteiger partial charge on any atom is -0.539 e. The van der Waals surface area contributed by atoms with Crippen molar-refractivity contribution in [2.75, 3.05) is 0 Å². The SMILES string of the molecule is [O-]c1c[n+](CCc2ccccc2)no1. The molecule has 0 aliphatic heterocycles. The van der Waals surface area contributed by atoms with E-state index in [0.29, 0.717) is 6.54 Å². The number of nitrogens with zero attached hydrogens (tertiary/aromatic N) is 2. The van der Waals surface area contributed by atoms with Crippen molar-refractivity contribution in [1.82, 2.24) is 5.27 Å². The molecule has 0 aliphatic rings. The molecule has 1 aromatic heterocycles. The van der Waals surface area contributed by atoms with Gasteiger partial charge in [-0.15, -0.1) is 0 Å². The Morgan fingerprint density at radius 3 is 2.71 bits per heavy atom. The van der Waals surface area contributed by atoms with E-state index >= 15 is 0 Å². The summed E-state index contributed by atoms with van der Waals surface area (Å²) in [6.45, 7) is 0.662. The fourth-order valence-corrected chi connectivity index (χ4v) is 1.26. The molecule has 0 unspecified atom stereocenters. The average Bonchev–Trinajstić information content (AvgIpc) is 2.63. The second kappa shape index (κ2) is 3.91. The van der Waals surface area contributed by atoms with Crippen molar-refractivity contribution in [3.05, 3.63) is 42.1 Å². The molecule has 2 rings (SSSR count). The van der Waals surface area contributed by atoms with E-state index in [1.165, 1.54) is 16.4 Å². The number of hydrogen-bond acceptors (Lipinski definition) is 3. The van der Waals surface area contributed by atoms with Crippen LogP contribution in [0.3, 0.4) is 0 Å². The monoisotopic (exact) mass is 190 g/mol. The summed E-state index contributed by atoms with van der Waals surface area (Å²) < 4.78 is 5.92. The highest BCUT2D eigenvalue weighted by molar-refractivity contribution is 5.14. The summed E-state index contributed by atoms with van der Waals surface area (Å²) in [6.07, 6.45) is 2.19. The summed E-state index contributed by atoms with van der Waals surface area (Å²) in [5, 5.41) is 14.2. The third kappa shape index (κ3) is 2.10. The topological polar surface area (TPSA) is 53.0 Å². The Bertz CT molecular complexity index is 398. The molecule has 0 N–H and O–H groups in total. The minimum absolute atomic E-state index is 0.405. The fourth-order valence-electron chi connectivity index (χ4n) is 1.26. The normalized spacial score (nSPS) is 10.3. The Hall–Kier alpha value is -1.84. The lowest BCUT2D eigenvalue weighted by Crippen LogP contribution is -2.35. The van der Waals surface area contributed by atoms with Gasteiger partial charge < -0.3 is 9.63 Å². The number of hydrogen-bond donors (Lipinski definition) is 0. The van der Waals surface area contributed by atoms with Crippen LogP contribution in [-0.2, 0) is 13.0 Å². The van der Waals surface area contributed by atoms with Gasteiger partial charge in [-0.3, -0.25) is 0 Å². The number of rotatable bonds is 3. The summed E-state index contributed by atoms with van der Waals surface area (Å²) in [6, 6.07) is 10.0. The first-order valence-electron chi connectivity index (χ1n) is 4.42. The van der Waals surface area contributed by atoms with Crippen molar-refractivity contribution in [2.45, 2.75) is 13.0 Å². The van der Waals surface area contributed by atoms with Gasteiger partial charge in [0.1, 0.15) is 5.95 Å². The maximum Gasteiger partial charge on any atom is 0.221 e. The molecular formula is C10H10N2O2. The van der Waals surface area contributed by atoms with Crippen molar-refractivity contribution in [3.63, 3.8) is 0 Å². The standard InChI is InChI=1S/C10H10N2O2/c13-10-8-12(11-14-10)7-6-9-4-2-1-3-5-9/h1-5,8H,6-7H2. The molecule has 1 aromatic carbocycles. The first-order chi connectivity index (χ1) is 6.84. The Kier molecular flexibility index (Phi) is 2.44. The van der Waals surface area contributed by atoms with Gasteiger partial charge in [0.15, 0.2) is 6.54 Å². The van der Waals surface area contributed by atoms with E-state index in [-0.39, 0.29) is 0 Å². The smallest absolute Gasteiger partial charge is 0.221 e. The van der Waals surface area contributed by atoms with Crippen molar-refractivity contribution in [3.8, 4) is 5.95 Å². The van der Waals surface area contributed by atoms with Crippen LogP contribution < -0.4 is 9.79 Å². The fraction of sp³-hybridized carbons (Fsp3) is 0.200. The first-order valence-corrected chi connectivity index (χ1v) is 4.42. The van der Waals surface area contributed by atoms with E-state index < -0.39 is 5.95 Å². The van der Waals surface area contributed by atoms with Crippen LogP contribution in [-0.4, -0.2) is 5.27 Å². The highest BCUT2D eigenvalue weighted by Gasteiger charge is 2.03. The molecule has 0 bridgehead atoms. The van der Waals surface area contributed by atoms with Crippen molar-refractivity contribution in [1.29, 1.82) is 0 Å². The van der Waals surface area contributed by atoms with Gasteiger partial charge in [0.2, 0.25) is 6.20 Å². The van der Waals surface area contributed by atoms with Crippen LogP contribution in [0.2, 0.25) is 0 Å². The predicted molar refractivity (Wildman–Crippen MR) is 46.3 cm³/mol. The Labute approximate surface area is 81.4 Å². The van der Waals surface area contributed by atoms with Gasteiger partial charge >= 0.3 is 0 Å². The molecule has 0 saturated heterocycles. The third-order valence-electron chi connectivity index (χ3n) is 1.96. The van der Waals surface area contributed by atoms with Crippen molar-refractivity contribution >= 4 is 0 Å². The van der Waals surface area contributed by atoms with E-state index in [9.17, 15) is 5.11 Å². The largest absolute Gasteiger partial charge is 0.539 e. The van der Waals surface area contributed by atoms with Gasteiger partial charge in [-0.2, -0.15) is 0 Å². The highest BCUT2D eigenvalue weighted by Crippen LogP contribution is 1.99. The van der Waals surface area contributed by atoms with Gasteiger partial charge in [0, 0.05) is 6.42 Å². The van der Waals surface area contributed by atoms with Gasteiger partial charge in [0.25, 0.3) is 0 Å². The van der Waals surface area contributed by atoms with Gasteiger partial charge in [-0.1, -0.05) is 35.0 Å². The highest BCUT2D eigenvalue weighted by atomic mass is 16.6. The zero-order valence-electron chi connectivity index (χ0n) is 7.59. The van der Waals surface area contributed by atoms with Crippen molar-refractivity contribution < 1.29 is 14.3 Å². The molecule has 1 heterocycles. The summed E-state index contributed by atoms with van der Waals surface area (Å²) in [5.41, 5.74) is 1.22. The summed E-state index contributed by atoms with van der Waals surface area (Å²) in [4.78, 5) is 0. The summed E-state index contributed by atoms with van der Waals surface area (Å²) >= 11 is 0. The zero-order chi connectivity index (χ0) is 9.80. The van der Waals surface area contributed by atoms with E-state index in [2.05, 4.69) is 9.79 Å². The second-order valence-corrected chi connectivity index (χ2v) is 3.02. The molecule has 4 nitrogen and oxygen atoms in total. The number of aryl methyl sites for hydroxylation is 2. The average molecular weight is 190 g/mol. The lowest BCUT2D eigenvalue weighted by atomic mass is 10.1. The van der Waals surface area contributed by atoms with E-state index in [0.717, 1.165) is 6.42 Å². The Morgan fingerprint density at radius 2 is 2.07 bits per heavy atom. The predicted octanol–water partition coefficient (Wildman–Crippen LogP) is 0.278. The molecule has 14 heavy (non-hydrogen) atoms. The maximum absolute atomic E-state index is 10.7. The summed E-state index contributed by atoms with van der Waals surface area (Å²) in [5.74, 6) is -0.405. The maximum atomic E-state index is 10.7. The van der Waals surface area contributed by atoms with E-state index in [4.69, 9.17) is 0 Å². The van der Waals surface area contributed by atoms with Crippen LogP contribution in [0.25, 0.3) is 0 Å². The van der Waals surface area contributed by atoms with Crippen LogP contribution in [0.15, 0.2) is 41.1 Å². The molecule has 0 fully saturated rings. The van der Waals surface area contributed by atoms with Crippen LogP contribution in [0, 0.1) is 0 Å². The van der Waals surface area contributed by atoms with Crippen molar-refractivity contribution in [2.24, 2.45) is 0 Å². The molecule has 0 saturated carbocycles. The molecular weight excluding hydrogens is 180 g/mol. The Morgan fingerprint density at radius 1 is 1.29 bits per heavy atom. The minimum atomic E-state index is -0.405. The zero-order valence-corrected chi connectivity index (χ0v) is 7.59. The lowest BCUT2D eigenvalue weighted by Gasteiger charge is -1.93. The molecule has 0 atom stereocenters. The quantitative estimate of drug-likeness (QED) is 0.653. The Balaban J connectivity index is 1.95. The molecule has 0 spiro atoms. The molecule has 0 aliphatic carbocycles. The van der Waals surface area contributed by atoms with Gasteiger partial charge in [-0.05, 0) is 5.56 Å². The molecule has 0 radical (unpaired) electrons. The van der Waals surface area contributed by atoms with Crippen LogP contribution in [0.1, 0.15) is 5.56 Å². The van der Waals surface area contributed by atoms with E-state index in [1.54, 1.807) is 0 Å². The molecule has 72 valence electrons. The van der Waals surface area contributed by atoms with Gasteiger partial charge in [0.05, 0.1) is 5.27 Å². The van der Waals surface area contributed by atoms with Crippen LogP contribution in [0.5, 0.6) is 5.95 Å². The number of benzene rings is 1. The second-order valence-electron chi connectivity index (χ2n) is 3.02. The molecule has 4 heteroatoms. The van der Waals surface area contributed by atoms with Crippen LogP contribution in [0.4, 0.5) is 0 Å². The molecule has 0 amide bonds. The van der Waals surface area contributed by atoms with E-state index in [1.807, 2.05) is 30.3 Å². The number of aromatic nitrogens is 2. The first kappa shape index (κ1) is 8.74. The van der Waals surface area contributed by atoms with Gasteiger partial charge in [-0.25, -0.2) is 0 Å². The third-order valence-corrected chi connectivity index (χ3v) is 1.96.